The molecule has 3 unspecified atom stereocenters. The number of nitrogens with two attached hydrogens (primary N) is 1. The lowest BCUT2D eigenvalue weighted by Crippen LogP contribution is -2.64. The highest BCUT2D eigenvalue weighted by atomic mass is 16.5. The first-order valence-electron chi connectivity index (χ1n) is 7.54. The molecule has 1 aliphatic heterocycles. The number of phenols is 1. The van der Waals surface area contributed by atoms with Gasteiger partial charge in [-0.05, 0) is 23.3 Å². The molecule has 3 N–H and O–H groups in total. The Hall–Kier alpha value is -2.86. The molecule has 0 aliphatic carbocycles. The first-order chi connectivity index (χ1) is 11.5. The van der Waals surface area contributed by atoms with E-state index in [0.717, 1.165) is 5.56 Å². The van der Waals surface area contributed by atoms with Crippen molar-refractivity contribution in [3.63, 3.8) is 0 Å². The van der Waals surface area contributed by atoms with E-state index in [9.17, 15) is 14.7 Å². The molecule has 124 valence electrons. The molecule has 1 heterocycles. The molecule has 24 heavy (non-hydrogen) atoms. The lowest BCUT2D eigenvalue weighted by Gasteiger charge is -2.48. The van der Waals surface area contributed by atoms with Gasteiger partial charge in [-0.1, -0.05) is 42.5 Å². The highest BCUT2D eigenvalue weighted by Gasteiger charge is 2.51. The van der Waals surface area contributed by atoms with Gasteiger partial charge in [0, 0.05) is 0 Å². The zero-order valence-electron chi connectivity index (χ0n) is 13.1. The molecular weight excluding hydrogens is 308 g/mol. The topological polar surface area (TPSA) is 92.9 Å². The molecule has 3 atom stereocenters. The second kappa shape index (κ2) is 6.33. The van der Waals surface area contributed by atoms with Gasteiger partial charge < -0.3 is 20.5 Å². The highest BCUT2D eigenvalue weighted by molar-refractivity contribution is 5.94. The van der Waals surface area contributed by atoms with E-state index < -0.39 is 24.1 Å². The summed E-state index contributed by atoms with van der Waals surface area (Å²) in [6.07, 6.45) is 0. The number of rotatable bonds is 4. The van der Waals surface area contributed by atoms with Crippen molar-refractivity contribution in [2.45, 2.75) is 18.1 Å². The summed E-state index contributed by atoms with van der Waals surface area (Å²) in [5.74, 6) is -0.789. The Bertz CT molecular complexity index is 745. The fraction of sp³-hybridized carbons (Fsp3) is 0.222. The van der Waals surface area contributed by atoms with Crippen LogP contribution in [0, 0.1) is 0 Å². The molecule has 0 spiro atoms. The molecule has 2 aromatic rings. The number of benzene rings is 2. The van der Waals surface area contributed by atoms with E-state index in [1.165, 1.54) is 24.1 Å². The first kappa shape index (κ1) is 16.0. The number of hydrogen-bond donors (Lipinski definition) is 2. The van der Waals surface area contributed by atoms with Crippen LogP contribution in [-0.4, -0.2) is 35.0 Å². The summed E-state index contributed by atoms with van der Waals surface area (Å²) >= 11 is 0. The third-order valence-corrected chi connectivity index (χ3v) is 4.23. The summed E-state index contributed by atoms with van der Waals surface area (Å²) in [7, 11) is 1.28. The molecule has 3 rings (SSSR count). The van der Waals surface area contributed by atoms with Gasteiger partial charge in [-0.15, -0.1) is 0 Å². The van der Waals surface area contributed by atoms with Gasteiger partial charge >= 0.3 is 5.97 Å². The maximum Gasteiger partial charge on any atom is 0.333 e. The first-order valence-corrected chi connectivity index (χ1v) is 7.54. The minimum atomic E-state index is -0.909. The van der Waals surface area contributed by atoms with Crippen molar-refractivity contribution in [3.05, 3.63) is 65.7 Å². The van der Waals surface area contributed by atoms with Crippen molar-refractivity contribution >= 4 is 11.9 Å². The summed E-state index contributed by atoms with van der Waals surface area (Å²) in [6.45, 7) is 0. The number of nitrogens with zero attached hydrogens (tertiary/aromatic N) is 1. The number of esters is 1. The number of hydrogen-bond acceptors (Lipinski definition) is 5. The van der Waals surface area contributed by atoms with Crippen LogP contribution in [-0.2, 0) is 14.3 Å². The molecule has 1 fully saturated rings. The summed E-state index contributed by atoms with van der Waals surface area (Å²) < 4.78 is 4.89. The minimum Gasteiger partial charge on any atom is -0.508 e. The molecule has 1 amide bonds. The van der Waals surface area contributed by atoms with E-state index in [1.807, 2.05) is 30.3 Å². The van der Waals surface area contributed by atoms with E-state index in [-0.39, 0.29) is 11.7 Å². The van der Waals surface area contributed by atoms with E-state index in [0.29, 0.717) is 5.56 Å². The number of amides is 1. The number of phenolic OH excluding ortho intramolecular Hbond substituents is 1. The van der Waals surface area contributed by atoms with Crippen molar-refractivity contribution < 1.29 is 19.4 Å². The van der Waals surface area contributed by atoms with Gasteiger partial charge in [0.1, 0.15) is 11.8 Å². The monoisotopic (exact) mass is 326 g/mol. The smallest absolute Gasteiger partial charge is 0.333 e. The molecule has 2 aromatic carbocycles. The second-order valence-electron chi connectivity index (χ2n) is 5.64. The van der Waals surface area contributed by atoms with Crippen molar-refractivity contribution in [3.8, 4) is 5.75 Å². The van der Waals surface area contributed by atoms with Crippen LogP contribution in [0.25, 0.3) is 0 Å². The van der Waals surface area contributed by atoms with Gasteiger partial charge in [0.2, 0.25) is 5.91 Å². The SMILES string of the molecule is COC(=O)C(c1ccc(O)cc1)N1C(=O)C(N)C1c1ccccc1. The van der Waals surface area contributed by atoms with Crippen LogP contribution in [0.4, 0.5) is 0 Å². The van der Waals surface area contributed by atoms with Crippen LogP contribution in [0.3, 0.4) is 0 Å². The van der Waals surface area contributed by atoms with Gasteiger partial charge in [-0.25, -0.2) is 4.79 Å². The van der Waals surface area contributed by atoms with Crippen LogP contribution >= 0.6 is 0 Å². The third kappa shape index (κ3) is 2.61. The van der Waals surface area contributed by atoms with Gasteiger partial charge in [0.15, 0.2) is 6.04 Å². The van der Waals surface area contributed by atoms with Crippen molar-refractivity contribution in [2.75, 3.05) is 7.11 Å². The Morgan fingerprint density at radius 1 is 1.17 bits per heavy atom. The predicted molar refractivity (Wildman–Crippen MR) is 86.9 cm³/mol. The Morgan fingerprint density at radius 2 is 1.79 bits per heavy atom. The molecule has 6 heteroatoms. The standard InChI is InChI=1S/C18H18N2O4/c1-24-18(23)16(12-7-9-13(21)10-8-12)20-15(14(19)17(20)22)11-5-3-2-4-6-11/h2-10,14-16,21H,19H2,1H3. The quantitative estimate of drug-likeness (QED) is 0.656. The van der Waals surface area contributed by atoms with E-state index in [2.05, 4.69) is 0 Å². The number of methoxy groups -OCH3 is 1. The average molecular weight is 326 g/mol. The maximum absolute atomic E-state index is 12.4. The van der Waals surface area contributed by atoms with E-state index >= 15 is 0 Å². The van der Waals surface area contributed by atoms with Crippen LogP contribution < -0.4 is 5.73 Å². The molecule has 0 bridgehead atoms. The Morgan fingerprint density at radius 3 is 2.38 bits per heavy atom. The molecule has 0 saturated carbocycles. The van der Waals surface area contributed by atoms with Crippen molar-refractivity contribution in [1.29, 1.82) is 0 Å². The molecule has 0 aromatic heterocycles. The largest absolute Gasteiger partial charge is 0.508 e. The Balaban J connectivity index is 2.01. The maximum atomic E-state index is 12.4. The van der Waals surface area contributed by atoms with Crippen LogP contribution in [0.5, 0.6) is 5.75 Å². The summed E-state index contributed by atoms with van der Waals surface area (Å²) in [6, 6.07) is 13.4. The third-order valence-electron chi connectivity index (χ3n) is 4.23. The fourth-order valence-corrected chi connectivity index (χ4v) is 3.02. The summed E-state index contributed by atoms with van der Waals surface area (Å²) in [4.78, 5) is 26.2. The minimum absolute atomic E-state index is 0.0774. The lowest BCUT2D eigenvalue weighted by atomic mass is 9.85. The molecule has 6 nitrogen and oxygen atoms in total. The Labute approximate surface area is 139 Å². The zero-order chi connectivity index (χ0) is 17.3. The molecule has 1 saturated heterocycles. The number of carbonyl (C=O) groups excluding carboxylic acids is 2. The lowest BCUT2D eigenvalue weighted by molar-refractivity contribution is -0.166. The van der Waals surface area contributed by atoms with Crippen LogP contribution in [0.1, 0.15) is 23.2 Å². The van der Waals surface area contributed by atoms with Crippen LogP contribution in [0.2, 0.25) is 0 Å². The summed E-state index contributed by atoms with van der Waals surface area (Å²) in [5.41, 5.74) is 7.40. The molecule has 1 aliphatic rings. The van der Waals surface area contributed by atoms with Gasteiger partial charge in [-0.2, -0.15) is 0 Å². The number of likely N-dealkylation sites (tertiary alicyclic amines) is 1. The number of ether oxygens (including phenoxy) is 1. The number of β-lactam (4-membered cyclic amide) rings is 1. The van der Waals surface area contributed by atoms with Crippen molar-refractivity contribution in [1.82, 2.24) is 4.90 Å². The zero-order valence-corrected chi connectivity index (χ0v) is 13.1. The highest BCUT2D eigenvalue weighted by Crippen LogP contribution is 2.41. The van der Waals surface area contributed by atoms with Gasteiger partial charge in [0.05, 0.1) is 13.2 Å². The fourth-order valence-electron chi connectivity index (χ4n) is 3.02. The molecular formula is C18H18N2O4. The van der Waals surface area contributed by atoms with Crippen molar-refractivity contribution in [2.24, 2.45) is 5.73 Å². The Kier molecular flexibility index (Phi) is 4.22. The van der Waals surface area contributed by atoms with Gasteiger partial charge in [0.25, 0.3) is 0 Å². The average Bonchev–Trinajstić information content (AvgIpc) is 2.62. The van der Waals surface area contributed by atoms with E-state index in [4.69, 9.17) is 10.5 Å². The number of carbonyl (C=O) groups is 2. The van der Waals surface area contributed by atoms with Crippen LogP contribution in [0.15, 0.2) is 54.6 Å². The summed E-state index contributed by atoms with van der Waals surface area (Å²) in [5, 5.41) is 9.45. The second-order valence-corrected chi connectivity index (χ2v) is 5.64. The van der Waals surface area contributed by atoms with Gasteiger partial charge in [-0.3, -0.25) is 4.79 Å². The van der Waals surface area contributed by atoms with E-state index in [1.54, 1.807) is 12.1 Å². The normalized spacial score (nSPS) is 21.1. The predicted octanol–water partition coefficient (Wildman–Crippen LogP) is 1.52. The number of aromatic hydroxyl groups is 1. The molecule has 0 radical (unpaired) electrons.